The number of amides is 1. The van der Waals surface area contributed by atoms with Crippen molar-refractivity contribution in [3.8, 4) is 0 Å². The largest absolute Gasteiger partial charge is 0.481 e. The van der Waals surface area contributed by atoms with Crippen LogP contribution in [0.1, 0.15) is 32.1 Å². The number of aliphatic carboxylic acids is 1. The van der Waals surface area contributed by atoms with Gasteiger partial charge in [0.15, 0.2) is 0 Å². The molecule has 1 aliphatic heterocycles. The van der Waals surface area contributed by atoms with E-state index in [0.29, 0.717) is 18.8 Å². The summed E-state index contributed by atoms with van der Waals surface area (Å²) < 4.78 is 5.31. The lowest BCUT2D eigenvalue weighted by Gasteiger charge is -2.29. The Morgan fingerprint density at radius 3 is 2.42 bits per heavy atom. The lowest BCUT2D eigenvalue weighted by Crippen LogP contribution is -2.40. The summed E-state index contributed by atoms with van der Waals surface area (Å²) in [5.41, 5.74) is 0. The maximum atomic E-state index is 12.4. The molecule has 5 nitrogen and oxygen atoms in total. The third kappa shape index (κ3) is 3.47. The highest BCUT2D eigenvalue weighted by atomic mass is 16.5. The zero-order valence-electron chi connectivity index (χ0n) is 11.5. The molecule has 0 unspecified atom stereocenters. The molecule has 0 radical (unpaired) electrons. The molecule has 1 saturated heterocycles. The van der Waals surface area contributed by atoms with E-state index >= 15 is 0 Å². The van der Waals surface area contributed by atoms with Crippen LogP contribution in [0.25, 0.3) is 0 Å². The van der Waals surface area contributed by atoms with Crippen LogP contribution in [0.15, 0.2) is 0 Å². The quantitative estimate of drug-likeness (QED) is 0.837. The topological polar surface area (TPSA) is 66.8 Å². The first-order valence-electron chi connectivity index (χ1n) is 7.15. The molecule has 1 saturated carbocycles. The number of carboxylic acids is 1. The van der Waals surface area contributed by atoms with Crippen molar-refractivity contribution in [2.45, 2.75) is 32.1 Å². The summed E-state index contributed by atoms with van der Waals surface area (Å²) in [5.74, 6) is -1.12. The predicted molar refractivity (Wildman–Crippen MR) is 69.6 cm³/mol. The van der Waals surface area contributed by atoms with Gasteiger partial charge in [0.05, 0.1) is 11.8 Å². The van der Waals surface area contributed by atoms with Crippen molar-refractivity contribution < 1.29 is 19.4 Å². The Kier molecular flexibility index (Phi) is 4.80. The average Bonchev–Trinajstić information content (AvgIpc) is 2.88. The van der Waals surface area contributed by atoms with Gasteiger partial charge in [-0.25, -0.2) is 0 Å². The number of hydrogen-bond donors (Lipinski definition) is 1. The summed E-state index contributed by atoms with van der Waals surface area (Å²) in [6.45, 7) is 2.27. The molecule has 1 heterocycles. The van der Waals surface area contributed by atoms with E-state index in [9.17, 15) is 9.59 Å². The molecular formula is C14H23NO4. The summed E-state index contributed by atoms with van der Waals surface area (Å²) in [5, 5.41) is 9.15. The van der Waals surface area contributed by atoms with E-state index < -0.39 is 11.9 Å². The Labute approximate surface area is 113 Å². The van der Waals surface area contributed by atoms with Crippen LogP contribution in [-0.2, 0) is 14.3 Å². The summed E-state index contributed by atoms with van der Waals surface area (Å²) in [6, 6.07) is 0. The van der Waals surface area contributed by atoms with Crippen LogP contribution >= 0.6 is 0 Å². The smallest absolute Gasteiger partial charge is 0.307 e. The molecule has 19 heavy (non-hydrogen) atoms. The molecule has 0 spiro atoms. The predicted octanol–water partition coefficient (Wildman–Crippen LogP) is 1.37. The average molecular weight is 269 g/mol. The van der Waals surface area contributed by atoms with Gasteiger partial charge in [0, 0.05) is 26.8 Å². The van der Waals surface area contributed by atoms with Gasteiger partial charge in [-0.2, -0.15) is 0 Å². The lowest BCUT2D eigenvalue weighted by atomic mass is 9.93. The zero-order chi connectivity index (χ0) is 13.8. The van der Waals surface area contributed by atoms with Gasteiger partial charge in [0.25, 0.3) is 0 Å². The van der Waals surface area contributed by atoms with E-state index in [4.69, 9.17) is 9.84 Å². The van der Waals surface area contributed by atoms with Gasteiger partial charge in [0.2, 0.25) is 5.91 Å². The zero-order valence-corrected chi connectivity index (χ0v) is 11.5. The second-order valence-electron chi connectivity index (χ2n) is 5.76. The van der Waals surface area contributed by atoms with E-state index in [-0.39, 0.29) is 11.8 Å². The summed E-state index contributed by atoms with van der Waals surface area (Å²) in [4.78, 5) is 25.2. The van der Waals surface area contributed by atoms with Gasteiger partial charge < -0.3 is 14.7 Å². The lowest BCUT2D eigenvalue weighted by molar-refractivity contribution is -0.148. The van der Waals surface area contributed by atoms with Crippen LogP contribution in [0.2, 0.25) is 0 Å². The molecular weight excluding hydrogens is 246 g/mol. The second-order valence-corrected chi connectivity index (χ2v) is 5.76. The standard InChI is InChI=1S/C14H23NO4/c1-15(9-10-5-7-19-8-6-10)13(16)11-3-2-4-12(11)14(17)18/h10-12H,2-9H2,1H3,(H,17,18)/t11-,12+/m1/s1. The fraction of sp³-hybridized carbons (Fsp3) is 0.857. The molecule has 2 aliphatic rings. The third-order valence-corrected chi connectivity index (χ3v) is 4.40. The van der Waals surface area contributed by atoms with E-state index in [1.165, 1.54) is 0 Å². The van der Waals surface area contributed by atoms with Crippen molar-refractivity contribution >= 4 is 11.9 Å². The molecule has 0 aromatic heterocycles. The Morgan fingerprint density at radius 2 is 1.79 bits per heavy atom. The molecule has 1 N–H and O–H groups in total. The van der Waals surface area contributed by atoms with E-state index in [1.54, 1.807) is 11.9 Å². The molecule has 2 atom stereocenters. The van der Waals surface area contributed by atoms with Gasteiger partial charge in [-0.05, 0) is 31.6 Å². The minimum Gasteiger partial charge on any atom is -0.481 e. The normalized spacial score (nSPS) is 28.3. The number of rotatable bonds is 4. The fourth-order valence-electron chi connectivity index (χ4n) is 3.24. The van der Waals surface area contributed by atoms with Crippen molar-refractivity contribution in [3.63, 3.8) is 0 Å². The highest BCUT2D eigenvalue weighted by Gasteiger charge is 2.39. The van der Waals surface area contributed by atoms with Crippen molar-refractivity contribution in [1.29, 1.82) is 0 Å². The van der Waals surface area contributed by atoms with Crippen LogP contribution in [-0.4, -0.2) is 48.7 Å². The molecule has 2 fully saturated rings. The monoisotopic (exact) mass is 269 g/mol. The van der Waals surface area contributed by atoms with Gasteiger partial charge >= 0.3 is 5.97 Å². The molecule has 1 aliphatic carbocycles. The van der Waals surface area contributed by atoms with Gasteiger partial charge in [-0.1, -0.05) is 6.42 Å². The molecule has 0 bridgehead atoms. The second kappa shape index (κ2) is 6.37. The fourth-order valence-corrected chi connectivity index (χ4v) is 3.24. The molecule has 5 heteroatoms. The summed E-state index contributed by atoms with van der Waals surface area (Å²) >= 11 is 0. The number of ether oxygens (including phenoxy) is 1. The Balaban J connectivity index is 1.89. The number of carbonyl (C=O) groups excluding carboxylic acids is 1. The summed E-state index contributed by atoms with van der Waals surface area (Å²) in [6.07, 6.45) is 4.18. The van der Waals surface area contributed by atoms with Crippen LogP contribution in [0.4, 0.5) is 0 Å². The van der Waals surface area contributed by atoms with Crippen LogP contribution in [0, 0.1) is 17.8 Å². The minimum atomic E-state index is -0.824. The Hall–Kier alpha value is -1.10. The third-order valence-electron chi connectivity index (χ3n) is 4.40. The highest BCUT2D eigenvalue weighted by molar-refractivity contribution is 5.85. The SMILES string of the molecule is CN(CC1CCOCC1)C(=O)[C@@H]1CCC[C@@H]1C(=O)O. The molecule has 2 rings (SSSR count). The van der Waals surface area contributed by atoms with E-state index in [1.807, 2.05) is 0 Å². The van der Waals surface area contributed by atoms with Crippen LogP contribution in [0.5, 0.6) is 0 Å². The first-order chi connectivity index (χ1) is 9.09. The molecule has 108 valence electrons. The molecule has 0 aromatic carbocycles. The number of carboxylic acid groups (broad SMARTS) is 1. The van der Waals surface area contributed by atoms with E-state index in [2.05, 4.69) is 0 Å². The van der Waals surface area contributed by atoms with Crippen LogP contribution < -0.4 is 0 Å². The number of carbonyl (C=O) groups is 2. The van der Waals surface area contributed by atoms with Crippen molar-refractivity contribution in [2.75, 3.05) is 26.8 Å². The van der Waals surface area contributed by atoms with Crippen molar-refractivity contribution in [3.05, 3.63) is 0 Å². The highest BCUT2D eigenvalue weighted by Crippen LogP contribution is 2.33. The van der Waals surface area contributed by atoms with Crippen molar-refractivity contribution in [2.24, 2.45) is 17.8 Å². The van der Waals surface area contributed by atoms with E-state index in [0.717, 1.165) is 39.0 Å². The maximum Gasteiger partial charge on any atom is 0.307 e. The Bertz CT molecular complexity index is 338. The minimum absolute atomic E-state index is 0.0105. The molecule has 1 amide bonds. The molecule has 0 aromatic rings. The number of hydrogen-bond acceptors (Lipinski definition) is 3. The summed E-state index contributed by atoms with van der Waals surface area (Å²) in [7, 11) is 1.80. The van der Waals surface area contributed by atoms with Gasteiger partial charge in [-0.3, -0.25) is 9.59 Å². The van der Waals surface area contributed by atoms with Gasteiger partial charge in [0.1, 0.15) is 0 Å². The number of nitrogens with zero attached hydrogens (tertiary/aromatic N) is 1. The van der Waals surface area contributed by atoms with Crippen molar-refractivity contribution in [1.82, 2.24) is 4.90 Å². The first-order valence-corrected chi connectivity index (χ1v) is 7.15. The van der Waals surface area contributed by atoms with Crippen LogP contribution in [0.3, 0.4) is 0 Å². The first kappa shape index (κ1) is 14.3. The Morgan fingerprint density at radius 1 is 1.16 bits per heavy atom. The van der Waals surface area contributed by atoms with Gasteiger partial charge in [-0.15, -0.1) is 0 Å². The maximum absolute atomic E-state index is 12.4.